The van der Waals surface area contributed by atoms with Crippen molar-refractivity contribution in [2.75, 3.05) is 0 Å². The molecule has 0 spiro atoms. The second-order valence-electron chi connectivity index (χ2n) is 5.14. The van der Waals surface area contributed by atoms with Crippen molar-refractivity contribution in [3.63, 3.8) is 0 Å². The molecular weight excluding hydrogens is 216 g/mol. The van der Waals surface area contributed by atoms with Gasteiger partial charge in [-0.2, -0.15) is 0 Å². The van der Waals surface area contributed by atoms with Crippen LogP contribution in [0.25, 0.3) is 0 Å². The van der Waals surface area contributed by atoms with E-state index < -0.39 is 0 Å². The summed E-state index contributed by atoms with van der Waals surface area (Å²) in [5, 5.41) is 11.0. The van der Waals surface area contributed by atoms with Crippen molar-refractivity contribution in [3.8, 4) is 0 Å². The highest BCUT2D eigenvalue weighted by Crippen LogP contribution is 2.46. The van der Waals surface area contributed by atoms with Gasteiger partial charge >= 0.3 is 0 Å². The number of nitrogens with two attached hydrogens (primary N) is 1. The Hall–Kier alpha value is -1.42. The number of nitro groups is 1. The molecule has 4 heteroatoms. The Labute approximate surface area is 101 Å². The summed E-state index contributed by atoms with van der Waals surface area (Å²) in [5.41, 5.74) is 8.91. The van der Waals surface area contributed by atoms with E-state index in [1.165, 1.54) is 0 Å². The maximum Gasteiger partial charge on any atom is 0.272 e. The molecular formula is C13H18N2O2. The number of benzene rings is 1. The van der Waals surface area contributed by atoms with E-state index in [1.807, 2.05) is 13.0 Å². The van der Waals surface area contributed by atoms with Crippen molar-refractivity contribution in [1.29, 1.82) is 0 Å². The third-order valence-electron chi connectivity index (χ3n) is 3.88. The topological polar surface area (TPSA) is 69.2 Å². The van der Waals surface area contributed by atoms with Gasteiger partial charge in [-0.15, -0.1) is 0 Å². The first-order valence-corrected chi connectivity index (χ1v) is 5.93. The maximum absolute atomic E-state index is 11.0. The summed E-state index contributed by atoms with van der Waals surface area (Å²) >= 11 is 0. The smallest absolute Gasteiger partial charge is 0.272 e. The lowest BCUT2D eigenvalue weighted by atomic mass is 9.96. The van der Waals surface area contributed by atoms with Crippen LogP contribution in [0.15, 0.2) is 12.1 Å². The van der Waals surface area contributed by atoms with Crippen LogP contribution in [0.5, 0.6) is 0 Å². The highest BCUT2D eigenvalue weighted by Gasteiger charge is 2.38. The first-order chi connectivity index (χ1) is 7.91. The Morgan fingerprint density at radius 3 is 2.53 bits per heavy atom. The van der Waals surface area contributed by atoms with Crippen molar-refractivity contribution >= 4 is 5.69 Å². The summed E-state index contributed by atoms with van der Waals surface area (Å²) < 4.78 is 0. The van der Waals surface area contributed by atoms with Crippen LogP contribution in [0.1, 0.15) is 36.1 Å². The van der Waals surface area contributed by atoms with Crippen molar-refractivity contribution < 1.29 is 4.92 Å². The van der Waals surface area contributed by atoms with Gasteiger partial charge in [-0.25, -0.2) is 0 Å². The van der Waals surface area contributed by atoms with Crippen LogP contribution in [0.4, 0.5) is 5.69 Å². The van der Waals surface area contributed by atoms with Gasteiger partial charge in [0.2, 0.25) is 0 Å². The summed E-state index contributed by atoms with van der Waals surface area (Å²) in [6.45, 7) is 5.84. The van der Waals surface area contributed by atoms with E-state index in [9.17, 15) is 10.1 Å². The van der Waals surface area contributed by atoms with E-state index in [0.717, 1.165) is 23.1 Å². The van der Waals surface area contributed by atoms with Gasteiger partial charge in [-0.1, -0.05) is 13.0 Å². The molecule has 2 N–H and O–H groups in total. The van der Waals surface area contributed by atoms with Crippen LogP contribution >= 0.6 is 0 Å². The summed E-state index contributed by atoms with van der Waals surface area (Å²) in [6, 6.07) is 3.55. The van der Waals surface area contributed by atoms with Crippen LogP contribution in [0, 0.1) is 35.8 Å². The van der Waals surface area contributed by atoms with Gasteiger partial charge in [-0.3, -0.25) is 10.1 Å². The molecule has 0 aliphatic heterocycles. The molecule has 2 rings (SSSR count). The number of nitrogens with zero attached hydrogens (tertiary/aromatic N) is 1. The second kappa shape index (κ2) is 4.11. The minimum absolute atomic E-state index is 0.0667. The van der Waals surface area contributed by atoms with E-state index >= 15 is 0 Å². The fourth-order valence-electron chi connectivity index (χ4n) is 2.35. The molecule has 1 aliphatic rings. The molecule has 92 valence electrons. The fourth-order valence-corrected chi connectivity index (χ4v) is 2.35. The standard InChI is InChI=1S/C13H18N2O2/c1-7-4-10(13(14)11-5-8(11)2)6-12(9(7)3)15(16)17/h4,6,8,11,13H,5,14H2,1-3H3. The van der Waals surface area contributed by atoms with Crippen molar-refractivity contribution in [3.05, 3.63) is 38.9 Å². The van der Waals surface area contributed by atoms with Gasteiger partial charge in [-0.05, 0) is 43.2 Å². The number of hydrogen-bond donors (Lipinski definition) is 1. The summed E-state index contributed by atoms with van der Waals surface area (Å²) in [4.78, 5) is 10.6. The minimum Gasteiger partial charge on any atom is -0.324 e. The molecule has 1 aromatic rings. The summed E-state index contributed by atoms with van der Waals surface area (Å²) in [7, 11) is 0. The van der Waals surface area contributed by atoms with Gasteiger partial charge in [0.15, 0.2) is 0 Å². The normalized spacial score (nSPS) is 24.5. The number of rotatable bonds is 3. The lowest BCUT2D eigenvalue weighted by Gasteiger charge is -2.13. The van der Waals surface area contributed by atoms with E-state index in [1.54, 1.807) is 13.0 Å². The lowest BCUT2D eigenvalue weighted by molar-refractivity contribution is -0.385. The predicted molar refractivity (Wildman–Crippen MR) is 66.8 cm³/mol. The monoisotopic (exact) mass is 234 g/mol. The van der Waals surface area contributed by atoms with E-state index in [4.69, 9.17) is 5.73 Å². The third-order valence-corrected chi connectivity index (χ3v) is 3.88. The van der Waals surface area contributed by atoms with Gasteiger partial charge in [0, 0.05) is 17.7 Å². The molecule has 17 heavy (non-hydrogen) atoms. The Kier molecular flexibility index (Phi) is 2.91. The SMILES string of the molecule is Cc1cc(C(N)C2CC2C)cc([N+](=O)[O-])c1C. The quantitative estimate of drug-likeness (QED) is 0.645. The molecule has 1 fully saturated rings. The van der Waals surface area contributed by atoms with Crippen LogP contribution in [0.3, 0.4) is 0 Å². The third kappa shape index (κ3) is 2.17. The molecule has 0 amide bonds. The number of nitro benzene ring substituents is 1. The molecule has 0 radical (unpaired) electrons. The highest BCUT2D eigenvalue weighted by molar-refractivity contribution is 5.48. The molecule has 3 atom stereocenters. The molecule has 1 aliphatic carbocycles. The molecule has 1 saturated carbocycles. The van der Waals surface area contributed by atoms with Gasteiger partial charge in [0.1, 0.15) is 0 Å². The predicted octanol–water partition coefficient (Wildman–Crippen LogP) is 2.87. The molecule has 0 aromatic heterocycles. The summed E-state index contributed by atoms with van der Waals surface area (Å²) in [5.74, 6) is 1.13. The first kappa shape index (κ1) is 12.0. The molecule has 0 bridgehead atoms. The van der Waals surface area contributed by atoms with E-state index in [0.29, 0.717) is 11.8 Å². The highest BCUT2D eigenvalue weighted by atomic mass is 16.6. The molecule has 0 saturated heterocycles. The van der Waals surface area contributed by atoms with Crippen LogP contribution in [-0.2, 0) is 0 Å². The van der Waals surface area contributed by atoms with Gasteiger partial charge < -0.3 is 5.73 Å². The van der Waals surface area contributed by atoms with Crippen LogP contribution in [-0.4, -0.2) is 4.92 Å². The van der Waals surface area contributed by atoms with E-state index in [2.05, 4.69) is 6.92 Å². The molecule has 0 heterocycles. The van der Waals surface area contributed by atoms with Crippen molar-refractivity contribution in [1.82, 2.24) is 0 Å². The largest absolute Gasteiger partial charge is 0.324 e. The second-order valence-corrected chi connectivity index (χ2v) is 5.14. The zero-order valence-electron chi connectivity index (χ0n) is 10.4. The minimum atomic E-state index is -0.325. The Balaban J connectivity index is 2.38. The summed E-state index contributed by atoms with van der Waals surface area (Å²) in [6.07, 6.45) is 1.13. The molecule has 3 unspecified atom stereocenters. The van der Waals surface area contributed by atoms with Crippen molar-refractivity contribution in [2.45, 2.75) is 33.2 Å². The first-order valence-electron chi connectivity index (χ1n) is 5.93. The van der Waals surface area contributed by atoms with Gasteiger partial charge in [0.05, 0.1) is 4.92 Å². The average Bonchev–Trinajstić information content (AvgIpc) is 2.98. The Bertz CT molecular complexity index is 471. The Morgan fingerprint density at radius 1 is 1.47 bits per heavy atom. The molecule has 1 aromatic carbocycles. The van der Waals surface area contributed by atoms with Crippen molar-refractivity contribution in [2.24, 2.45) is 17.6 Å². The van der Waals surface area contributed by atoms with Crippen LogP contribution in [0.2, 0.25) is 0 Å². The van der Waals surface area contributed by atoms with E-state index in [-0.39, 0.29) is 16.7 Å². The Morgan fingerprint density at radius 2 is 2.06 bits per heavy atom. The zero-order chi connectivity index (χ0) is 12.7. The van der Waals surface area contributed by atoms with Crippen LogP contribution < -0.4 is 5.73 Å². The number of hydrogen-bond acceptors (Lipinski definition) is 3. The van der Waals surface area contributed by atoms with Gasteiger partial charge in [0.25, 0.3) is 5.69 Å². The fraction of sp³-hybridized carbons (Fsp3) is 0.538. The lowest BCUT2D eigenvalue weighted by Crippen LogP contribution is -2.14. The maximum atomic E-state index is 11.0. The molecule has 4 nitrogen and oxygen atoms in total. The zero-order valence-corrected chi connectivity index (χ0v) is 10.4. The average molecular weight is 234 g/mol. The number of aryl methyl sites for hydroxylation is 1.